The van der Waals surface area contributed by atoms with Gasteiger partial charge in [0, 0.05) is 10.3 Å². The van der Waals surface area contributed by atoms with Gasteiger partial charge in [0.15, 0.2) is 6.29 Å². The minimum atomic E-state index is -0.545. The molecule has 0 radical (unpaired) electrons. The number of aromatic nitrogens is 3. The fraction of sp³-hybridized carbons (Fsp3) is 0.529. The van der Waals surface area contributed by atoms with E-state index in [-0.39, 0.29) is 16.3 Å². The van der Waals surface area contributed by atoms with Crippen LogP contribution in [0.4, 0.5) is 0 Å². The molecule has 1 atom stereocenters. The second-order valence-corrected chi connectivity index (χ2v) is 8.34. The lowest BCUT2D eigenvalue weighted by Crippen LogP contribution is -2.41. The van der Waals surface area contributed by atoms with Gasteiger partial charge in [-0.2, -0.15) is 5.10 Å². The first-order chi connectivity index (χ1) is 11.5. The van der Waals surface area contributed by atoms with Crippen LogP contribution < -0.4 is 0 Å². The molecule has 24 heavy (non-hydrogen) atoms. The average molecular weight is 349 g/mol. The van der Waals surface area contributed by atoms with Gasteiger partial charge >= 0.3 is 0 Å². The molecule has 130 valence electrons. The summed E-state index contributed by atoms with van der Waals surface area (Å²) >= 11 is 1.69. The van der Waals surface area contributed by atoms with E-state index in [4.69, 9.17) is 9.47 Å². The molecule has 0 saturated carbocycles. The molecule has 1 aromatic heterocycles. The summed E-state index contributed by atoms with van der Waals surface area (Å²) < 4.78 is 13.0. The highest BCUT2D eigenvalue weighted by molar-refractivity contribution is 8.01. The maximum Gasteiger partial charge on any atom is 0.183 e. The number of hydrogen-bond acceptors (Lipinski definition) is 6. The SMILES string of the molecule is CC(C)(SC1COC(c2ccccc2)OC1)C(O)Cn1cncn1. The van der Waals surface area contributed by atoms with Gasteiger partial charge in [0.1, 0.15) is 12.7 Å². The molecular weight excluding hydrogens is 326 g/mol. The van der Waals surface area contributed by atoms with Crippen molar-refractivity contribution in [3.8, 4) is 0 Å². The number of nitrogens with zero attached hydrogens (tertiary/aromatic N) is 3. The summed E-state index contributed by atoms with van der Waals surface area (Å²) in [6.07, 6.45) is 2.24. The molecule has 3 rings (SSSR count). The van der Waals surface area contributed by atoms with Crippen molar-refractivity contribution in [2.24, 2.45) is 0 Å². The van der Waals surface area contributed by atoms with Crippen molar-refractivity contribution in [1.82, 2.24) is 14.8 Å². The van der Waals surface area contributed by atoms with Crippen LogP contribution >= 0.6 is 11.8 Å². The van der Waals surface area contributed by atoms with E-state index in [1.54, 1.807) is 22.8 Å². The van der Waals surface area contributed by atoms with Crippen molar-refractivity contribution in [3.05, 3.63) is 48.5 Å². The van der Waals surface area contributed by atoms with Crippen LogP contribution in [0.15, 0.2) is 43.0 Å². The highest BCUT2D eigenvalue weighted by atomic mass is 32.2. The van der Waals surface area contributed by atoms with Gasteiger partial charge in [-0.3, -0.25) is 4.68 Å². The summed E-state index contributed by atoms with van der Waals surface area (Å²) in [7, 11) is 0. The van der Waals surface area contributed by atoms with Crippen LogP contribution in [-0.4, -0.2) is 49.2 Å². The number of aliphatic hydroxyl groups excluding tert-OH is 1. The topological polar surface area (TPSA) is 69.4 Å². The fourth-order valence-corrected chi connectivity index (χ4v) is 3.97. The van der Waals surface area contributed by atoms with Crippen molar-refractivity contribution in [2.45, 2.75) is 42.8 Å². The monoisotopic (exact) mass is 349 g/mol. The Morgan fingerprint density at radius 3 is 2.62 bits per heavy atom. The van der Waals surface area contributed by atoms with E-state index in [0.29, 0.717) is 19.8 Å². The Morgan fingerprint density at radius 2 is 2.00 bits per heavy atom. The van der Waals surface area contributed by atoms with Gasteiger partial charge in [0.05, 0.1) is 31.1 Å². The summed E-state index contributed by atoms with van der Waals surface area (Å²) in [5, 5.41) is 14.8. The lowest BCUT2D eigenvalue weighted by Gasteiger charge is -2.36. The summed E-state index contributed by atoms with van der Waals surface area (Å²) in [4.78, 5) is 3.90. The molecule has 0 bridgehead atoms. The molecule has 6 nitrogen and oxygen atoms in total. The van der Waals surface area contributed by atoms with E-state index in [9.17, 15) is 5.11 Å². The number of aliphatic hydroxyl groups is 1. The molecule has 1 unspecified atom stereocenters. The molecule has 2 heterocycles. The maximum atomic E-state index is 10.5. The molecule has 1 aliphatic rings. The standard InChI is InChI=1S/C17H23N3O3S/c1-17(2,15(21)8-20-12-18-11-19-20)24-14-9-22-16(23-10-14)13-6-4-3-5-7-13/h3-7,11-12,14-16,21H,8-10H2,1-2H3. The molecule has 0 aliphatic carbocycles. The van der Waals surface area contributed by atoms with Gasteiger partial charge < -0.3 is 14.6 Å². The third-order valence-corrected chi connectivity index (χ3v) is 5.52. The van der Waals surface area contributed by atoms with Crippen molar-refractivity contribution >= 4 is 11.8 Å². The molecule has 1 saturated heterocycles. The second kappa shape index (κ2) is 7.65. The van der Waals surface area contributed by atoms with E-state index >= 15 is 0 Å². The normalized spacial score (nSPS) is 23.1. The lowest BCUT2D eigenvalue weighted by molar-refractivity contribution is -0.180. The third-order valence-electron chi connectivity index (χ3n) is 4.04. The quantitative estimate of drug-likeness (QED) is 0.863. The van der Waals surface area contributed by atoms with E-state index in [0.717, 1.165) is 5.56 Å². The highest BCUT2D eigenvalue weighted by Crippen LogP contribution is 2.36. The maximum absolute atomic E-state index is 10.5. The molecule has 0 amide bonds. The van der Waals surface area contributed by atoms with Gasteiger partial charge in [0.25, 0.3) is 0 Å². The molecule has 2 aromatic rings. The summed E-state index contributed by atoms with van der Waals surface area (Å²) in [6, 6.07) is 9.94. The van der Waals surface area contributed by atoms with Crippen molar-refractivity contribution in [1.29, 1.82) is 0 Å². The van der Waals surface area contributed by atoms with Gasteiger partial charge in [-0.05, 0) is 13.8 Å². The predicted octanol–water partition coefficient (Wildman–Crippen LogP) is 2.26. The number of rotatable bonds is 6. The van der Waals surface area contributed by atoms with Crippen LogP contribution in [0, 0.1) is 0 Å². The molecule has 0 spiro atoms. The van der Waals surface area contributed by atoms with Crippen molar-refractivity contribution in [3.63, 3.8) is 0 Å². The molecule has 1 N–H and O–H groups in total. The highest BCUT2D eigenvalue weighted by Gasteiger charge is 2.34. The minimum Gasteiger partial charge on any atom is -0.390 e. The molecule has 7 heteroatoms. The smallest absolute Gasteiger partial charge is 0.183 e. The Balaban J connectivity index is 1.51. The van der Waals surface area contributed by atoms with E-state index in [2.05, 4.69) is 10.1 Å². The molecular formula is C17H23N3O3S. The Bertz CT molecular complexity index is 613. The Kier molecular flexibility index (Phi) is 5.55. The van der Waals surface area contributed by atoms with Crippen molar-refractivity contribution < 1.29 is 14.6 Å². The van der Waals surface area contributed by atoms with Crippen LogP contribution in [0.2, 0.25) is 0 Å². The van der Waals surface area contributed by atoms with E-state index in [1.807, 2.05) is 44.2 Å². The largest absolute Gasteiger partial charge is 0.390 e. The lowest BCUT2D eigenvalue weighted by atomic mass is 10.1. The summed E-state index contributed by atoms with van der Waals surface area (Å²) in [5.41, 5.74) is 1.03. The summed E-state index contributed by atoms with van der Waals surface area (Å²) in [5.74, 6) is 0. The molecule has 1 aromatic carbocycles. The number of hydrogen-bond donors (Lipinski definition) is 1. The van der Waals surface area contributed by atoms with Gasteiger partial charge in [-0.1, -0.05) is 30.3 Å². The zero-order chi connectivity index (χ0) is 17.0. The predicted molar refractivity (Wildman–Crippen MR) is 92.6 cm³/mol. The number of ether oxygens (including phenoxy) is 2. The number of thioether (sulfide) groups is 1. The Labute approximate surface area is 146 Å². The minimum absolute atomic E-state index is 0.186. The number of benzene rings is 1. The fourth-order valence-electron chi connectivity index (χ4n) is 2.59. The van der Waals surface area contributed by atoms with E-state index < -0.39 is 6.10 Å². The third kappa shape index (κ3) is 4.36. The zero-order valence-electron chi connectivity index (χ0n) is 13.9. The van der Waals surface area contributed by atoms with Crippen LogP contribution in [0.3, 0.4) is 0 Å². The van der Waals surface area contributed by atoms with E-state index in [1.165, 1.54) is 6.33 Å². The van der Waals surface area contributed by atoms with Crippen LogP contribution in [-0.2, 0) is 16.0 Å². The Morgan fingerprint density at radius 1 is 1.29 bits per heavy atom. The van der Waals surface area contributed by atoms with Gasteiger partial charge in [-0.15, -0.1) is 11.8 Å². The first-order valence-corrected chi connectivity index (χ1v) is 8.89. The summed E-state index contributed by atoms with van der Waals surface area (Å²) in [6.45, 7) is 5.68. The molecule has 1 aliphatic heterocycles. The van der Waals surface area contributed by atoms with Crippen LogP contribution in [0.1, 0.15) is 25.7 Å². The van der Waals surface area contributed by atoms with Crippen LogP contribution in [0.5, 0.6) is 0 Å². The zero-order valence-corrected chi connectivity index (χ0v) is 14.7. The Hall–Kier alpha value is -1.41. The molecule has 1 fully saturated rings. The first-order valence-electron chi connectivity index (χ1n) is 8.01. The van der Waals surface area contributed by atoms with Crippen molar-refractivity contribution in [2.75, 3.05) is 13.2 Å². The average Bonchev–Trinajstić information content (AvgIpc) is 3.09. The van der Waals surface area contributed by atoms with Crippen LogP contribution in [0.25, 0.3) is 0 Å². The first kappa shape index (κ1) is 17.4. The van der Waals surface area contributed by atoms with Gasteiger partial charge in [0.2, 0.25) is 0 Å². The second-order valence-electron chi connectivity index (χ2n) is 6.39. The van der Waals surface area contributed by atoms with Gasteiger partial charge in [-0.25, -0.2) is 4.98 Å².